The molecule has 2 aliphatic heterocycles. The van der Waals surface area contributed by atoms with Crippen LogP contribution in [0.15, 0.2) is 149 Å². The summed E-state index contributed by atoms with van der Waals surface area (Å²) in [6, 6.07) is 36.1. The van der Waals surface area contributed by atoms with Crippen LogP contribution in [-0.4, -0.2) is 97.9 Å². The van der Waals surface area contributed by atoms with Gasteiger partial charge in [-0.1, -0.05) is 104 Å². The van der Waals surface area contributed by atoms with Gasteiger partial charge in [-0.25, -0.2) is 22.9 Å². The van der Waals surface area contributed by atoms with Gasteiger partial charge in [-0.15, -0.1) is 18.3 Å². The summed E-state index contributed by atoms with van der Waals surface area (Å²) in [5.74, 6) is 3.78. The molecular formula is C60H66F4N7O12P. The number of halogens is 4. The maximum Gasteiger partial charge on any atom is 0.459 e. The molecule has 10 atom stereocenters. The lowest BCUT2D eigenvalue weighted by atomic mass is 9.77. The molecule has 0 saturated carbocycles. The van der Waals surface area contributed by atoms with Crippen molar-refractivity contribution in [1.82, 2.24) is 24.2 Å². The minimum atomic E-state index is -4.43. The molecule has 1 unspecified atom stereocenters. The van der Waals surface area contributed by atoms with E-state index in [1.54, 1.807) is 32.2 Å². The van der Waals surface area contributed by atoms with E-state index in [-0.39, 0.29) is 17.4 Å². The van der Waals surface area contributed by atoms with Crippen LogP contribution in [0.5, 0.6) is 11.5 Å². The zero-order valence-corrected chi connectivity index (χ0v) is 48.2. The topological polar surface area (TPSA) is 250 Å². The van der Waals surface area contributed by atoms with E-state index in [2.05, 4.69) is 54.7 Å². The number of nitrogens with one attached hydrogen (secondary N) is 2. The number of carbonyl (C=O) groups excluding carboxylic acids is 1. The van der Waals surface area contributed by atoms with Crippen molar-refractivity contribution in [2.45, 2.75) is 115 Å². The third-order valence-electron chi connectivity index (χ3n) is 13.0. The van der Waals surface area contributed by atoms with Crippen molar-refractivity contribution in [3.63, 3.8) is 0 Å². The van der Waals surface area contributed by atoms with Gasteiger partial charge in [-0.2, -0.15) is 23.8 Å². The molecule has 0 amide bonds. The average molecular weight is 1180 g/mol. The standard InChI is InChI=1S/C31H31F2N3O4.C20H25F2N4O8P.C5H4.C4H6/c1-20-27(21(2)37)40-28(31(20,32)33)36-19-18-26(34-29(36)38)35-30(22-10-6-4-7-11-22,23-12-8-5-9-13-23)24-14-16-25(39-3)17-15-24;1-11(17(28)31-3)25-35(30,34-13-7-5-4-6-8-13)33-12(2)15-16(27)20(21,22)18(32-15)26-10-9-14(23)24-19(26)29;1-3-5-4-2;1-3-4-2/h4-21,27-28,37H,1-3H3,(H,34,35,38);4-12,15-16,18,27H,1-3H3,(H,25,30)(H2,23,24,29);1H,2H3;1-2H3/t20-,21+,27+,28-;11-,12-,15+,16+,18+,35?;;/m10../s1. The summed E-state index contributed by atoms with van der Waals surface area (Å²) in [6.45, 7) is 10.6. The fourth-order valence-electron chi connectivity index (χ4n) is 8.79. The molecule has 4 aromatic carbocycles. The SMILES string of the molecule is C#CC#CC.CC#CC.COC(=O)[C@H](C)NP(=O)(Oc1ccccc1)O[C@@H](C)[C@H]1O[C@@H](n2ccc(N)nc2=O)C(F)(F)[C@@H]1O.COc1ccc(C(Nc2ccn([C@@H]3O[C@H]([C@H](C)O)[C@@H](C)C3(F)F)c(=O)n2)(c2ccccc2)c2ccccc2)cc1. The highest BCUT2D eigenvalue weighted by molar-refractivity contribution is 7.52. The fraction of sp³-hybridized carbons (Fsp3) is 0.350. The van der Waals surface area contributed by atoms with Crippen molar-refractivity contribution in [3.05, 3.63) is 177 Å². The summed E-state index contributed by atoms with van der Waals surface area (Å²) in [5.41, 5.74) is 4.95. The van der Waals surface area contributed by atoms with Crippen LogP contribution in [0.25, 0.3) is 0 Å². The normalized spacial score (nSPS) is 20.7. The fourth-order valence-corrected chi connectivity index (χ4v) is 10.5. The Morgan fingerprint density at radius 2 is 1.25 bits per heavy atom. The lowest BCUT2D eigenvalue weighted by Crippen LogP contribution is -2.44. The van der Waals surface area contributed by atoms with Gasteiger partial charge in [0.15, 0.2) is 6.10 Å². The molecule has 0 spiro atoms. The number of para-hydroxylation sites is 1. The van der Waals surface area contributed by atoms with E-state index < -0.39 is 97.4 Å². The van der Waals surface area contributed by atoms with Gasteiger partial charge in [-0.3, -0.25) is 18.5 Å². The number of anilines is 2. The molecule has 8 rings (SSSR count). The molecule has 4 heterocycles. The first-order valence-corrected chi connectivity index (χ1v) is 27.4. The molecule has 2 aliphatic rings. The Morgan fingerprint density at radius 3 is 1.70 bits per heavy atom. The van der Waals surface area contributed by atoms with Gasteiger partial charge >= 0.3 is 31.0 Å². The number of hydrogen-bond donors (Lipinski definition) is 5. The van der Waals surface area contributed by atoms with Gasteiger partial charge < -0.3 is 44.7 Å². The first kappa shape index (κ1) is 66.5. The van der Waals surface area contributed by atoms with Gasteiger partial charge in [0.2, 0.25) is 12.5 Å². The number of esters is 1. The third kappa shape index (κ3) is 15.9. The van der Waals surface area contributed by atoms with E-state index in [0.29, 0.717) is 10.3 Å². The molecule has 0 aliphatic carbocycles. The number of aliphatic hydroxyl groups is 2. The van der Waals surface area contributed by atoms with E-state index in [4.69, 9.17) is 35.4 Å². The van der Waals surface area contributed by atoms with E-state index >= 15 is 8.78 Å². The number of nitrogens with zero attached hydrogens (tertiary/aromatic N) is 4. The zero-order chi connectivity index (χ0) is 62.0. The van der Waals surface area contributed by atoms with Crippen molar-refractivity contribution >= 4 is 25.4 Å². The Hall–Kier alpha value is -8.30. The van der Waals surface area contributed by atoms with E-state index in [0.717, 1.165) is 40.6 Å². The Labute approximate surface area is 484 Å². The second-order valence-corrected chi connectivity index (χ2v) is 20.4. The summed E-state index contributed by atoms with van der Waals surface area (Å²) >= 11 is 0. The van der Waals surface area contributed by atoms with Crippen LogP contribution >= 0.6 is 7.75 Å². The Bertz CT molecular complexity index is 3420. The highest BCUT2D eigenvalue weighted by Gasteiger charge is 2.62. The maximum absolute atomic E-state index is 15.1. The van der Waals surface area contributed by atoms with Gasteiger partial charge in [0, 0.05) is 12.4 Å². The third-order valence-corrected chi connectivity index (χ3v) is 14.8. The van der Waals surface area contributed by atoms with Crippen LogP contribution in [0, 0.1) is 41.9 Å². The number of aliphatic hydroxyl groups excluding tert-OH is 2. The number of aromatic nitrogens is 4. The molecule has 2 aromatic heterocycles. The van der Waals surface area contributed by atoms with Crippen LogP contribution in [0.1, 0.15) is 77.6 Å². The molecule has 2 saturated heterocycles. The molecule has 19 nitrogen and oxygen atoms in total. The number of alkyl halides is 4. The van der Waals surface area contributed by atoms with Crippen molar-refractivity contribution in [2.24, 2.45) is 5.92 Å². The smallest absolute Gasteiger partial charge is 0.459 e. The second-order valence-electron chi connectivity index (χ2n) is 18.7. The maximum atomic E-state index is 15.1. The molecule has 2 fully saturated rings. The largest absolute Gasteiger partial charge is 0.497 e. The number of benzene rings is 4. The van der Waals surface area contributed by atoms with Crippen LogP contribution in [0.4, 0.5) is 29.2 Å². The van der Waals surface area contributed by atoms with Crippen molar-refractivity contribution in [2.75, 3.05) is 25.3 Å². The number of ether oxygens (including phenoxy) is 4. The van der Waals surface area contributed by atoms with Crippen LogP contribution in [0.3, 0.4) is 0 Å². The van der Waals surface area contributed by atoms with Crippen molar-refractivity contribution in [1.29, 1.82) is 0 Å². The first-order valence-electron chi connectivity index (χ1n) is 25.9. The summed E-state index contributed by atoms with van der Waals surface area (Å²) in [5, 5.41) is 26.1. The number of hydrogen-bond acceptors (Lipinski definition) is 16. The minimum Gasteiger partial charge on any atom is -0.497 e. The Balaban J connectivity index is 0.000000270. The summed E-state index contributed by atoms with van der Waals surface area (Å²) < 4.78 is 106. The summed E-state index contributed by atoms with van der Waals surface area (Å²) in [7, 11) is -1.72. The lowest BCUT2D eigenvalue weighted by molar-refractivity contribution is -0.142. The number of methoxy groups -OCH3 is 2. The monoisotopic (exact) mass is 1180 g/mol. The average Bonchev–Trinajstić information content (AvgIpc) is 2.05. The molecular weight excluding hydrogens is 1120 g/mol. The Kier molecular flexibility index (Phi) is 23.6. The molecule has 84 heavy (non-hydrogen) atoms. The van der Waals surface area contributed by atoms with Crippen molar-refractivity contribution in [3.8, 4) is 47.5 Å². The summed E-state index contributed by atoms with van der Waals surface area (Å²) in [4.78, 5) is 44.7. The number of nitrogens with two attached hydrogens (primary N) is 1. The predicted molar refractivity (Wildman–Crippen MR) is 307 cm³/mol. The zero-order valence-electron chi connectivity index (χ0n) is 47.4. The lowest BCUT2D eigenvalue weighted by Gasteiger charge is -2.37. The first-order chi connectivity index (χ1) is 39.9. The number of terminal acetylenes is 1. The van der Waals surface area contributed by atoms with Crippen LogP contribution in [0.2, 0.25) is 0 Å². The molecule has 6 aromatic rings. The molecule has 6 N–H and O–H groups in total. The highest BCUT2D eigenvalue weighted by atomic mass is 31.2. The summed E-state index contributed by atoms with van der Waals surface area (Å²) in [6.07, 6.45) is -5.16. The van der Waals surface area contributed by atoms with E-state index in [9.17, 15) is 37.9 Å². The van der Waals surface area contributed by atoms with Gasteiger partial charge in [0.05, 0.1) is 38.4 Å². The van der Waals surface area contributed by atoms with Crippen molar-refractivity contribution < 1.29 is 65.1 Å². The molecule has 0 bridgehead atoms. The van der Waals surface area contributed by atoms with Gasteiger partial charge in [0.1, 0.15) is 40.8 Å². The molecule has 0 radical (unpaired) electrons. The molecule has 24 heteroatoms. The second kappa shape index (κ2) is 29.8. The van der Waals surface area contributed by atoms with Crippen LogP contribution in [-0.2, 0) is 33.6 Å². The van der Waals surface area contributed by atoms with Gasteiger partial charge in [0.25, 0.3) is 5.92 Å². The predicted octanol–water partition coefficient (Wildman–Crippen LogP) is 8.34. The van der Waals surface area contributed by atoms with E-state index in [1.165, 1.54) is 52.1 Å². The number of nitrogen functional groups attached to an aromatic ring is 1. The molecule has 446 valence electrons. The number of rotatable bonds is 17. The quantitative estimate of drug-likeness (QED) is 0.0189. The number of carbonyl (C=O) groups is 1. The minimum absolute atomic E-state index is 0.0863. The van der Waals surface area contributed by atoms with Crippen LogP contribution < -0.4 is 36.8 Å². The highest BCUT2D eigenvalue weighted by Crippen LogP contribution is 2.51. The van der Waals surface area contributed by atoms with E-state index in [1.807, 2.05) is 98.8 Å². The Morgan fingerprint density at radius 1 is 0.750 bits per heavy atom. The van der Waals surface area contributed by atoms with Gasteiger partial charge in [-0.05, 0) is 106 Å².